The molecule has 2 aromatic rings. The zero-order chi connectivity index (χ0) is 15.0. The van der Waals surface area contributed by atoms with Crippen molar-refractivity contribution in [1.29, 1.82) is 0 Å². The van der Waals surface area contributed by atoms with Gasteiger partial charge >= 0.3 is 5.97 Å². The first-order valence-electron chi connectivity index (χ1n) is 5.75. The Morgan fingerprint density at radius 2 is 1.85 bits per heavy atom. The van der Waals surface area contributed by atoms with Crippen LogP contribution in [0.15, 0.2) is 4.52 Å². The minimum absolute atomic E-state index is 0.0395. The summed E-state index contributed by atoms with van der Waals surface area (Å²) in [4.78, 5) is 25.0. The highest BCUT2D eigenvalue weighted by Crippen LogP contribution is 2.29. The number of rotatable bonds is 3. The molecule has 1 amide bonds. The topological polar surface area (TPSA) is 96.5 Å². The molecule has 0 spiro atoms. The Labute approximate surface area is 119 Å². The summed E-state index contributed by atoms with van der Waals surface area (Å²) in [5, 5.41) is 13.2. The number of aromatic carboxylic acids is 1. The summed E-state index contributed by atoms with van der Waals surface area (Å²) in [5.74, 6) is -1.07. The largest absolute Gasteiger partial charge is 0.478 e. The Morgan fingerprint density at radius 3 is 2.35 bits per heavy atom. The van der Waals surface area contributed by atoms with Crippen molar-refractivity contribution < 1.29 is 19.2 Å². The van der Waals surface area contributed by atoms with Gasteiger partial charge in [-0.15, -0.1) is 0 Å². The van der Waals surface area contributed by atoms with Gasteiger partial charge in [0, 0.05) is 7.05 Å². The van der Waals surface area contributed by atoms with Gasteiger partial charge in [-0.1, -0.05) is 5.16 Å². The van der Waals surface area contributed by atoms with E-state index in [2.05, 4.69) is 9.53 Å². The predicted octanol–water partition coefficient (Wildman–Crippen LogP) is 2.03. The Balaban J connectivity index is 2.45. The highest BCUT2D eigenvalue weighted by atomic mass is 32.1. The van der Waals surface area contributed by atoms with E-state index in [4.69, 9.17) is 4.52 Å². The van der Waals surface area contributed by atoms with Crippen molar-refractivity contribution in [2.24, 2.45) is 0 Å². The van der Waals surface area contributed by atoms with Crippen LogP contribution in [0.3, 0.4) is 0 Å². The third kappa shape index (κ3) is 2.18. The van der Waals surface area contributed by atoms with E-state index in [9.17, 15) is 14.7 Å². The van der Waals surface area contributed by atoms with Gasteiger partial charge in [-0.05, 0) is 32.3 Å². The van der Waals surface area contributed by atoms with Gasteiger partial charge in [0.1, 0.15) is 21.9 Å². The molecule has 2 rings (SSSR count). The number of carbonyl (C=O) groups excluding carboxylic acids is 1. The van der Waals surface area contributed by atoms with Crippen molar-refractivity contribution in [2.75, 3.05) is 11.9 Å². The van der Waals surface area contributed by atoms with E-state index in [-0.39, 0.29) is 11.5 Å². The average molecular weight is 295 g/mol. The van der Waals surface area contributed by atoms with Crippen molar-refractivity contribution in [1.82, 2.24) is 9.53 Å². The third-order valence-corrected chi connectivity index (χ3v) is 3.93. The minimum Gasteiger partial charge on any atom is -0.478 e. The van der Waals surface area contributed by atoms with Crippen LogP contribution in [0, 0.1) is 20.8 Å². The van der Waals surface area contributed by atoms with Crippen LogP contribution in [-0.2, 0) is 0 Å². The molecule has 0 aromatic carbocycles. The summed E-state index contributed by atoms with van der Waals surface area (Å²) in [5.41, 5.74) is 1.24. The van der Waals surface area contributed by atoms with Gasteiger partial charge in [-0.25, -0.2) is 4.79 Å². The Morgan fingerprint density at radius 1 is 1.20 bits per heavy atom. The van der Waals surface area contributed by atoms with Crippen LogP contribution in [0.5, 0.6) is 0 Å². The van der Waals surface area contributed by atoms with Crippen molar-refractivity contribution in [3.63, 3.8) is 0 Å². The van der Waals surface area contributed by atoms with Crippen LogP contribution in [0.1, 0.15) is 37.9 Å². The van der Waals surface area contributed by atoms with E-state index in [1.54, 1.807) is 20.8 Å². The van der Waals surface area contributed by atoms with E-state index in [1.807, 2.05) is 0 Å². The summed E-state index contributed by atoms with van der Waals surface area (Å²) in [6.07, 6.45) is 0. The Kier molecular flexibility index (Phi) is 3.58. The molecular formula is C12H13N3O4S. The summed E-state index contributed by atoms with van der Waals surface area (Å²) in [7, 11) is 1.51. The molecule has 2 aromatic heterocycles. The molecule has 2 heterocycles. The van der Waals surface area contributed by atoms with E-state index in [0.29, 0.717) is 27.7 Å². The Bertz CT molecular complexity index is 669. The number of anilines is 1. The van der Waals surface area contributed by atoms with E-state index < -0.39 is 5.97 Å². The molecule has 8 heteroatoms. The minimum atomic E-state index is -1.11. The number of hydrogen-bond donors (Lipinski definition) is 1. The standard InChI is InChI=1S/C12H13N3O4S/c1-5-8(7(3)19-13-5)10(16)15(4)11-9(12(17)18)6(2)14-20-11/h1-4H3,(H,17,18). The molecule has 0 fully saturated rings. The van der Waals surface area contributed by atoms with Crippen molar-refractivity contribution in [2.45, 2.75) is 20.8 Å². The van der Waals surface area contributed by atoms with Gasteiger partial charge < -0.3 is 14.5 Å². The first kappa shape index (κ1) is 14.2. The van der Waals surface area contributed by atoms with Gasteiger partial charge in [-0.2, -0.15) is 4.37 Å². The van der Waals surface area contributed by atoms with Gasteiger partial charge in [0.25, 0.3) is 5.91 Å². The normalized spacial score (nSPS) is 10.6. The summed E-state index contributed by atoms with van der Waals surface area (Å²) >= 11 is 0.973. The second-order valence-electron chi connectivity index (χ2n) is 4.32. The number of carboxylic acids is 1. The fourth-order valence-corrected chi connectivity index (χ4v) is 2.73. The second kappa shape index (κ2) is 5.04. The SMILES string of the molecule is Cc1noc(C)c1C(=O)N(C)c1snc(C)c1C(=O)O. The molecule has 1 N–H and O–H groups in total. The van der Waals surface area contributed by atoms with E-state index in [1.165, 1.54) is 11.9 Å². The highest BCUT2D eigenvalue weighted by molar-refractivity contribution is 7.11. The van der Waals surface area contributed by atoms with Gasteiger partial charge in [-0.3, -0.25) is 4.79 Å². The summed E-state index contributed by atoms with van der Waals surface area (Å²) in [6, 6.07) is 0. The lowest BCUT2D eigenvalue weighted by Gasteiger charge is -2.15. The number of hydrogen-bond acceptors (Lipinski definition) is 6. The van der Waals surface area contributed by atoms with Gasteiger partial charge in [0.2, 0.25) is 0 Å². The van der Waals surface area contributed by atoms with Crippen LogP contribution >= 0.6 is 11.5 Å². The number of aromatic nitrogens is 2. The number of nitrogens with zero attached hydrogens (tertiary/aromatic N) is 3. The van der Waals surface area contributed by atoms with E-state index >= 15 is 0 Å². The first-order valence-corrected chi connectivity index (χ1v) is 6.52. The lowest BCUT2D eigenvalue weighted by Crippen LogP contribution is -2.27. The number of carbonyl (C=O) groups is 2. The predicted molar refractivity (Wildman–Crippen MR) is 72.5 cm³/mol. The lowest BCUT2D eigenvalue weighted by molar-refractivity contribution is 0.0697. The van der Waals surface area contributed by atoms with Gasteiger partial charge in [0.15, 0.2) is 0 Å². The molecule has 0 atom stereocenters. The monoisotopic (exact) mass is 295 g/mol. The molecule has 0 aliphatic carbocycles. The molecule has 0 bridgehead atoms. The van der Waals surface area contributed by atoms with Crippen LogP contribution < -0.4 is 4.90 Å². The summed E-state index contributed by atoms with van der Waals surface area (Å²) < 4.78 is 8.95. The maximum atomic E-state index is 12.4. The zero-order valence-corrected chi connectivity index (χ0v) is 12.2. The molecular weight excluding hydrogens is 282 g/mol. The molecule has 0 saturated carbocycles. The van der Waals surface area contributed by atoms with Crippen LogP contribution in [0.4, 0.5) is 5.00 Å². The van der Waals surface area contributed by atoms with Crippen LogP contribution in [0.2, 0.25) is 0 Å². The molecule has 20 heavy (non-hydrogen) atoms. The van der Waals surface area contributed by atoms with E-state index in [0.717, 1.165) is 11.5 Å². The van der Waals surface area contributed by atoms with Crippen molar-refractivity contribution in [3.05, 3.63) is 28.3 Å². The fraction of sp³-hybridized carbons (Fsp3) is 0.333. The Hall–Kier alpha value is -2.22. The zero-order valence-electron chi connectivity index (χ0n) is 11.4. The molecule has 7 nitrogen and oxygen atoms in total. The molecule has 106 valence electrons. The molecule has 0 unspecified atom stereocenters. The molecule has 0 radical (unpaired) electrons. The number of aryl methyl sites for hydroxylation is 3. The average Bonchev–Trinajstić information content (AvgIpc) is 2.91. The smallest absolute Gasteiger partial charge is 0.340 e. The fourth-order valence-electron chi connectivity index (χ4n) is 1.88. The molecule has 0 aliphatic heterocycles. The maximum Gasteiger partial charge on any atom is 0.340 e. The first-order chi connectivity index (χ1) is 9.34. The third-order valence-electron chi connectivity index (χ3n) is 2.92. The van der Waals surface area contributed by atoms with Crippen molar-refractivity contribution >= 4 is 28.4 Å². The lowest BCUT2D eigenvalue weighted by atomic mass is 10.1. The molecule has 0 aliphatic rings. The van der Waals surface area contributed by atoms with Gasteiger partial charge in [0.05, 0.1) is 11.4 Å². The number of amides is 1. The highest BCUT2D eigenvalue weighted by Gasteiger charge is 2.27. The second-order valence-corrected chi connectivity index (χ2v) is 5.07. The van der Waals surface area contributed by atoms with Crippen LogP contribution in [-0.4, -0.2) is 33.6 Å². The molecule has 0 saturated heterocycles. The summed E-state index contributed by atoms with van der Waals surface area (Å²) in [6.45, 7) is 4.89. The van der Waals surface area contributed by atoms with Crippen molar-refractivity contribution in [3.8, 4) is 0 Å². The van der Waals surface area contributed by atoms with Crippen LogP contribution in [0.25, 0.3) is 0 Å². The number of carboxylic acid groups (broad SMARTS) is 1. The quantitative estimate of drug-likeness (QED) is 0.930. The maximum absolute atomic E-state index is 12.4.